The molecule has 9 nitrogen and oxygen atoms in total. The summed E-state index contributed by atoms with van der Waals surface area (Å²) in [5.41, 5.74) is 2.24. The molecule has 0 radical (unpaired) electrons. The van der Waals surface area contributed by atoms with Gasteiger partial charge in [0.05, 0.1) is 25.2 Å². The zero-order valence-electron chi connectivity index (χ0n) is 23.3. The van der Waals surface area contributed by atoms with Crippen molar-refractivity contribution in [1.82, 2.24) is 19.8 Å². The molecule has 0 aliphatic carbocycles. The Morgan fingerprint density at radius 2 is 1.26 bits per heavy atom. The Morgan fingerprint density at radius 1 is 0.769 bits per heavy atom. The van der Waals surface area contributed by atoms with Crippen LogP contribution in [0.2, 0.25) is 0 Å². The molecule has 0 fully saturated rings. The van der Waals surface area contributed by atoms with E-state index < -0.39 is 10.0 Å². The lowest BCUT2D eigenvalue weighted by molar-refractivity contribution is 0.0941. The summed E-state index contributed by atoms with van der Waals surface area (Å²) in [6, 6.07) is 21.0. The second-order valence-electron chi connectivity index (χ2n) is 9.59. The maximum Gasteiger partial charge on any atom is 0.251 e. The largest absolute Gasteiger partial charge is 0.497 e. The third-order valence-electron chi connectivity index (χ3n) is 6.58. The molecule has 3 aromatic carbocycles. The molecule has 2 atom stereocenters. The van der Waals surface area contributed by atoms with Crippen LogP contribution in [0.25, 0.3) is 0 Å². The van der Waals surface area contributed by atoms with Crippen molar-refractivity contribution in [3.05, 3.63) is 89.5 Å². The van der Waals surface area contributed by atoms with E-state index in [1.807, 2.05) is 86.5 Å². The third-order valence-corrected chi connectivity index (χ3v) is 8.00. The van der Waals surface area contributed by atoms with Crippen LogP contribution in [0.3, 0.4) is 0 Å². The van der Waals surface area contributed by atoms with Crippen LogP contribution in [0.4, 0.5) is 0 Å². The predicted molar refractivity (Wildman–Crippen MR) is 153 cm³/mol. The molecule has 3 aromatic rings. The van der Waals surface area contributed by atoms with Crippen molar-refractivity contribution in [3.8, 4) is 11.5 Å². The van der Waals surface area contributed by atoms with E-state index in [2.05, 4.69) is 10.0 Å². The van der Waals surface area contributed by atoms with Crippen LogP contribution in [-0.2, 0) is 10.0 Å². The molecule has 0 aromatic heterocycles. The number of carbonyl (C=O) groups is 1. The highest BCUT2D eigenvalue weighted by molar-refractivity contribution is 7.89. The number of likely N-dealkylation sites (N-methyl/N-ethyl adjacent to an activating group) is 2. The summed E-state index contributed by atoms with van der Waals surface area (Å²) >= 11 is 0. The van der Waals surface area contributed by atoms with E-state index in [4.69, 9.17) is 9.47 Å². The molecule has 0 aliphatic heterocycles. The van der Waals surface area contributed by atoms with Gasteiger partial charge in [0.15, 0.2) is 0 Å². The van der Waals surface area contributed by atoms with Crippen LogP contribution < -0.4 is 19.5 Å². The number of benzene rings is 3. The standard InChI is InChI=1S/C29H38N4O5S/c1-32(2)27(21-10-14-24(37-5)15-11-21)19-30-29(34)23-8-7-9-26(18-23)39(35,36)31-20-28(33(3)4)22-12-16-25(38-6)17-13-22/h7-18,27-28,31H,19-20H2,1-6H3,(H,30,34)/t27-,28-/m1/s1. The SMILES string of the molecule is COc1ccc([C@@H](CNC(=O)c2cccc(S(=O)(=O)NC[C@H](c3ccc(OC)cc3)N(C)C)c2)N(C)C)cc1. The van der Waals surface area contributed by atoms with E-state index in [-0.39, 0.29) is 35.0 Å². The van der Waals surface area contributed by atoms with E-state index in [0.29, 0.717) is 6.54 Å². The monoisotopic (exact) mass is 554 g/mol. The molecule has 39 heavy (non-hydrogen) atoms. The van der Waals surface area contributed by atoms with Crippen molar-refractivity contribution in [2.75, 3.05) is 55.5 Å². The molecule has 0 bridgehead atoms. The average Bonchev–Trinajstić information content (AvgIpc) is 2.93. The zero-order chi connectivity index (χ0) is 28.6. The van der Waals surface area contributed by atoms with Gasteiger partial charge in [0.1, 0.15) is 11.5 Å². The zero-order valence-corrected chi connectivity index (χ0v) is 24.2. The van der Waals surface area contributed by atoms with Crippen LogP contribution in [0, 0.1) is 0 Å². The third kappa shape index (κ3) is 8.03. The van der Waals surface area contributed by atoms with Crippen LogP contribution in [0.1, 0.15) is 33.6 Å². The van der Waals surface area contributed by atoms with E-state index in [1.165, 1.54) is 12.1 Å². The molecule has 2 N–H and O–H groups in total. The maximum absolute atomic E-state index is 13.2. The highest BCUT2D eigenvalue weighted by Gasteiger charge is 2.22. The summed E-state index contributed by atoms with van der Waals surface area (Å²) in [4.78, 5) is 17.0. The van der Waals surface area contributed by atoms with Gasteiger partial charge in [-0.05, 0) is 81.8 Å². The molecule has 0 spiro atoms. The highest BCUT2D eigenvalue weighted by atomic mass is 32.2. The van der Waals surface area contributed by atoms with Gasteiger partial charge in [-0.2, -0.15) is 0 Å². The molecule has 0 aliphatic rings. The van der Waals surface area contributed by atoms with Crippen molar-refractivity contribution in [2.45, 2.75) is 17.0 Å². The Bertz CT molecular complexity index is 1330. The number of rotatable bonds is 13. The number of ether oxygens (including phenoxy) is 2. The second-order valence-corrected chi connectivity index (χ2v) is 11.4. The van der Waals surface area contributed by atoms with Crippen molar-refractivity contribution in [3.63, 3.8) is 0 Å². The fraction of sp³-hybridized carbons (Fsp3) is 0.345. The van der Waals surface area contributed by atoms with E-state index in [9.17, 15) is 13.2 Å². The number of amides is 1. The van der Waals surface area contributed by atoms with Crippen molar-refractivity contribution < 1.29 is 22.7 Å². The summed E-state index contributed by atoms with van der Waals surface area (Å²) in [5.74, 6) is 1.14. The molecule has 0 saturated heterocycles. The minimum Gasteiger partial charge on any atom is -0.497 e. The molecule has 1 amide bonds. The van der Waals surface area contributed by atoms with Crippen LogP contribution in [0.15, 0.2) is 77.7 Å². The number of sulfonamides is 1. The van der Waals surface area contributed by atoms with Crippen LogP contribution in [-0.4, -0.2) is 79.6 Å². The van der Waals surface area contributed by atoms with Gasteiger partial charge in [-0.3, -0.25) is 4.79 Å². The smallest absolute Gasteiger partial charge is 0.251 e. The van der Waals surface area contributed by atoms with Gasteiger partial charge in [0, 0.05) is 24.7 Å². The minimum absolute atomic E-state index is 0.0294. The summed E-state index contributed by atoms with van der Waals surface area (Å²) < 4.78 is 39.5. The highest BCUT2D eigenvalue weighted by Crippen LogP contribution is 2.23. The van der Waals surface area contributed by atoms with Crippen molar-refractivity contribution in [2.24, 2.45) is 0 Å². The molecule has 0 unspecified atom stereocenters. The molecule has 0 saturated carbocycles. The van der Waals surface area contributed by atoms with Gasteiger partial charge < -0.3 is 24.6 Å². The van der Waals surface area contributed by atoms with Gasteiger partial charge in [0.2, 0.25) is 10.0 Å². The van der Waals surface area contributed by atoms with E-state index in [1.54, 1.807) is 26.4 Å². The topological polar surface area (TPSA) is 100 Å². The van der Waals surface area contributed by atoms with E-state index >= 15 is 0 Å². The molecule has 210 valence electrons. The molecular formula is C29H38N4O5S. The number of hydrogen-bond acceptors (Lipinski definition) is 7. The fourth-order valence-corrected chi connectivity index (χ4v) is 5.30. The summed E-state index contributed by atoms with van der Waals surface area (Å²) in [6.07, 6.45) is 0. The molecule has 0 heterocycles. The minimum atomic E-state index is -3.86. The first kappa shape index (κ1) is 30.1. The van der Waals surface area contributed by atoms with Crippen molar-refractivity contribution >= 4 is 15.9 Å². The first-order valence-corrected chi connectivity index (χ1v) is 14.0. The Hall–Kier alpha value is -3.44. The molecule has 3 rings (SSSR count). The Balaban J connectivity index is 1.69. The average molecular weight is 555 g/mol. The van der Waals surface area contributed by atoms with E-state index in [0.717, 1.165) is 22.6 Å². The maximum atomic E-state index is 13.2. The lowest BCUT2D eigenvalue weighted by Crippen LogP contribution is -2.35. The van der Waals surface area contributed by atoms with Gasteiger partial charge in [0.25, 0.3) is 5.91 Å². The van der Waals surface area contributed by atoms with Gasteiger partial charge in [-0.1, -0.05) is 30.3 Å². The first-order valence-electron chi connectivity index (χ1n) is 12.5. The lowest BCUT2D eigenvalue weighted by Gasteiger charge is -2.25. The Morgan fingerprint density at radius 3 is 1.72 bits per heavy atom. The molecular weight excluding hydrogens is 516 g/mol. The number of carbonyl (C=O) groups excluding carboxylic acids is 1. The normalized spacial score (nSPS) is 13.2. The number of methoxy groups -OCH3 is 2. The Labute approximate surface area is 231 Å². The van der Waals surface area contributed by atoms with Crippen LogP contribution in [0.5, 0.6) is 11.5 Å². The number of nitrogens with one attached hydrogen (secondary N) is 2. The summed E-state index contributed by atoms with van der Waals surface area (Å²) in [6.45, 7) is 0.504. The Kier molecular flexibility index (Phi) is 10.5. The van der Waals surface area contributed by atoms with Gasteiger partial charge in [-0.25, -0.2) is 13.1 Å². The summed E-state index contributed by atoms with van der Waals surface area (Å²) in [7, 11) is 7.01. The quantitative estimate of drug-likeness (QED) is 0.334. The fourth-order valence-electron chi connectivity index (χ4n) is 4.22. The summed E-state index contributed by atoms with van der Waals surface area (Å²) in [5, 5.41) is 2.94. The van der Waals surface area contributed by atoms with Gasteiger partial charge >= 0.3 is 0 Å². The number of nitrogens with zero attached hydrogens (tertiary/aromatic N) is 2. The lowest BCUT2D eigenvalue weighted by atomic mass is 10.1. The first-order chi connectivity index (χ1) is 18.6. The number of hydrogen-bond donors (Lipinski definition) is 2. The van der Waals surface area contributed by atoms with Gasteiger partial charge in [-0.15, -0.1) is 0 Å². The molecule has 10 heteroatoms. The van der Waals surface area contributed by atoms with Crippen molar-refractivity contribution in [1.29, 1.82) is 0 Å². The van der Waals surface area contributed by atoms with Crippen LogP contribution >= 0.6 is 0 Å². The second kappa shape index (κ2) is 13.6. The predicted octanol–water partition coefficient (Wildman–Crippen LogP) is 3.32.